The minimum Gasteiger partial charge on any atom is -0.465 e. The maximum atomic E-state index is 11.6. The van der Waals surface area contributed by atoms with Gasteiger partial charge < -0.3 is 14.2 Å². The van der Waals surface area contributed by atoms with Crippen LogP contribution in [0.1, 0.15) is 22.2 Å². The molecule has 0 bridgehead atoms. The highest BCUT2D eigenvalue weighted by molar-refractivity contribution is 9.10. The summed E-state index contributed by atoms with van der Waals surface area (Å²) < 4.78 is 16.3. The number of ether oxygens (including phenoxy) is 3. The van der Waals surface area contributed by atoms with E-state index in [1.54, 1.807) is 12.1 Å². The van der Waals surface area contributed by atoms with Crippen molar-refractivity contribution in [1.82, 2.24) is 0 Å². The number of benzene rings is 1. The van der Waals surface area contributed by atoms with E-state index in [0.717, 1.165) is 4.47 Å². The Labute approximate surface area is 102 Å². The summed E-state index contributed by atoms with van der Waals surface area (Å²) in [6, 6.07) is 5.28. The number of halogens is 1. The fourth-order valence-corrected chi connectivity index (χ4v) is 1.94. The summed E-state index contributed by atoms with van der Waals surface area (Å²) in [6.45, 7) is 1.08. The van der Waals surface area contributed by atoms with E-state index in [2.05, 4.69) is 15.9 Å². The third-order valence-corrected chi connectivity index (χ3v) is 2.79. The number of esters is 1. The number of hydrogen-bond donors (Lipinski definition) is 0. The van der Waals surface area contributed by atoms with Crippen LogP contribution >= 0.6 is 15.9 Å². The van der Waals surface area contributed by atoms with Gasteiger partial charge in [0.05, 0.1) is 25.9 Å². The van der Waals surface area contributed by atoms with Crippen LogP contribution in [-0.2, 0) is 14.2 Å². The smallest absolute Gasteiger partial charge is 0.338 e. The second-order valence-corrected chi connectivity index (χ2v) is 4.21. The normalized spacial score (nSPS) is 16.4. The SMILES string of the molecule is COC(=O)c1ccc(Br)cc1C1OCCO1. The van der Waals surface area contributed by atoms with Gasteiger partial charge in [-0.25, -0.2) is 4.79 Å². The van der Waals surface area contributed by atoms with Gasteiger partial charge in [0, 0.05) is 10.0 Å². The topological polar surface area (TPSA) is 44.8 Å². The van der Waals surface area contributed by atoms with Crippen molar-refractivity contribution in [2.24, 2.45) is 0 Å². The molecular weight excluding hydrogens is 276 g/mol. The van der Waals surface area contributed by atoms with Gasteiger partial charge in [0.15, 0.2) is 6.29 Å². The molecular formula is C11H11BrO4. The molecule has 86 valence electrons. The van der Waals surface area contributed by atoms with Crippen molar-refractivity contribution in [3.05, 3.63) is 33.8 Å². The highest BCUT2D eigenvalue weighted by atomic mass is 79.9. The van der Waals surface area contributed by atoms with E-state index in [1.165, 1.54) is 7.11 Å². The van der Waals surface area contributed by atoms with Crippen LogP contribution in [0.15, 0.2) is 22.7 Å². The molecule has 1 aromatic rings. The second kappa shape index (κ2) is 4.95. The first-order valence-electron chi connectivity index (χ1n) is 4.83. The van der Waals surface area contributed by atoms with Gasteiger partial charge in [-0.3, -0.25) is 0 Å². The van der Waals surface area contributed by atoms with Crippen molar-refractivity contribution in [1.29, 1.82) is 0 Å². The Morgan fingerprint density at radius 3 is 2.75 bits per heavy atom. The zero-order valence-electron chi connectivity index (χ0n) is 8.73. The summed E-state index contributed by atoms with van der Waals surface area (Å²) in [6.07, 6.45) is -0.480. The van der Waals surface area contributed by atoms with Gasteiger partial charge in [-0.15, -0.1) is 0 Å². The van der Waals surface area contributed by atoms with Crippen molar-refractivity contribution in [3.8, 4) is 0 Å². The molecule has 0 saturated carbocycles. The number of carbonyl (C=O) groups is 1. The molecule has 0 spiro atoms. The molecule has 5 heteroatoms. The first-order valence-corrected chi connectivity index (χ1v) is 5.62. The quantitative estimate of drug-likeness (QED) is 0.783. The average molecular weight is 287 g/mol. The minimum atomic E-state index is -0.480. The molecule has 1 aromatic carbocycles. The van der Waals surface area contributed by atoms with E-state index in [0.29, 0.717) is 24.3 Å². The molecule has 1 aliphatic rings. The Balaban J connectivity index is 2.39. The van der Waals surface area contributed by atoms with Gasteiger partial charge in [0.2, 0.25) is 0 Å². The standard InChI is InChI=1S/C11H11BrO4/c1-14-10(13)8-3-2-7(12)6-9(8)11-15-4-5-16-11/h2-3,6,11H,4-5H2,1H3. The van der Waals surface area contributed by atoms with Crippen LogP contribution in [0.4, 0.5) is 0 Å². The Kier molecular flexibility index (Phi) is 3.58. The van der Waals surface area contributed by atoms with Crippen LogP contribution in [-0.4, -0.2) is 26.3 Å². The van der Waals surface area contributed by atoms with Crippen LogP contribution in [0.3, 0.4) is 0 Å². The summed E-state index contributed by atoms with van der Waals surface area (Å²) in [5.41, 5.74) is 1.16. The Morgan fingerprint density at radius 1 is 1.44 bits per heavy atom. The Bertz CT molecular complexity index is 399. The number of carbonyl (C=O) groups excluding carboxylic acids is 1. The third kappa shape index (κ3) is 2.26. The Hall–Kier alpha value is -0.910. The third-order valence-electron chi connectivity index (χ3n) is 2.29. The van der Waals surface area contributed by atoms with Gasteiger partial charge in [0.25, 0.3) is 0 Å². The van der Waals surface area contributed by atoms with E-state index < -0.39 is 6.29 Å². The second-order valence-electron chi connectivity index (χ2n) is 3.30. The molecule has 0 amide bonds. The molecule has 1 heterocycles. The van der Waals surface area contributed by atoms with Gasteiger partial charge >= 0.3 is 5.97 Å². The van der Waals surface area contributed by atoms with Crippen LogP contribution in [0.5, 0.6) is 0 Å². The Morgan fingerprint density at radius 2 is 2.12 bits per heavy atom. The highest BCUT2D eigenvalue weighted by Crippen LogP contribution is 2.29. The zero-order chi connectivity index (χ0) is 11.5. The molecule has 1 fully saturated rings. The molecule has 1 saturated heterocycles. The van der Waals surface area contributed by atoms with Gasteiger partial charge in [-0.05, 0) is 18.2 Å². The summed E-state index contributed by atoms with van der Waals surface area (Å²) >= 11 is 3.35. The highest BCUT2D eigenvalue weighted by Gasteiger charge is 2.24. The van der Waals surface area contributed by atoms with Crippen molar-refractivity contribution in [3.63, 3.8) is 0 Å². The average Bonchev–Trinajstić information content (AvgIpc) is 2.81. The molecule has 0 radical (unpaired) electrons. The first-order chi connectivity index (χ1) is 7.72. The van der Waals surface area contributed by atoms with Crippen LogP contribution in [0.2, 0.25) is 0 Å². The van der Waals surface area contributed by atoms with Crippen molar-refractivity contribution in [2.45, 2.75) is 6.29 Å². The largest absolute Gasteiger partial charge is 0.465 e. The molecule has 0 aromatic heterocycles. The van der Waals surface area contributed by atoms with Crippen molar-refractivity contribution in [2.75, 3.05) is 20.3 Å². The molecule has 1 aliphatic heterocycles. The van der Waals surface area contributed by atoms with Crippen LogP contribution < -0.4 is 0 Å². The van der Waals surface area contributed by atoms with Crippen molar-refractivity contribution < 1.29 is 19.0 Å². The fourth-order valence-electron chi connectivity index (χ4n) is 1.56. The fraction of sp³-hybridized carbons (Fsp3) is 0.364. The molecule has 2 rings (SSSR count). The van der Waals surface area contributed by atoms with Gasteiger partial charge in [-0.2, -0.15) is 0 Å². The van der Waals surface area contributed by atoms with Crippen molar-refractivity contribution >= 4 is 21.9 Å². The lowest BCUT2D eigenvalue weighted by atomic mass is 10.1. The van der Waals surface area contributed by atoms with Gasteiger partial charge in [-0.1, -0.05) is 15.9 Å². The van der Waals surface area contributed by atoms with E-state index in [1.807, 2.05) is 6.07 Å². The molecule has 0 aliphatic carbocycles. The first kappa shape index (κ1) is 11.6. The molecule has 0 unspecified atom stereocenters. The van der Waals surface area contributed by atoms with E-state index >= 15 is 0 Å². The van der Waals surface area contributed by atoms with E-state index in [9.17, 15) is 4.79 Å². The minimum absolute atomic E-state index is 0.387. The monoisotopic (exact) mass is 286 g/mol. The summed E-state index contributed by atoms with van der Waals surface area (Å²) in [5, 5.41) is 0. The number of hydrogen-bond acceptors (Lipinski definition) is 4. The number of methoxy groups -OCH3 is 1. The maximum Gasteiger partial charge on any atom is 0.338 e. The van der Waals surface area contributed by atoms with E-state index in [-0.39, 0.29) is 5.97 Å². The molecule has 0 N–H and O–H groups in total. The lowest BCUT2D eigenvalue weighted by molar-refractivity contribution is -0.0449. The molecule has 4 nitrogen and oxygen atoms in total. The predicted molar refractivity (Wildman–Crippen MR) is 60.1 cm³/mol. The maximum absolute atomic E-state index is 11.6. The lowest BCUT2D eigenvalue weighted by Gasteiger charge is -2.13. The van der Waals surface area contributed by atoms with Crippen LogP contribution in [0.25, 0.3) is 0 Å². The lowest BCUT2D eigenvalue weighted by Crippen LogP contribution is -2.09. The van der Waals surface area contributed by atoms with E-state index in [4.69, 9.17) is 14.2 Å². The zero-order valence-corrected chi connectivity index (χ0v) is 10.3. The molecule has 16 heavy (non-hydrogen) atoms. The predicted octanol–water partition coefficient (Wildman–Crippen LogP) is 2.28. The number of rotatable bonds is 2. The van der Waals surface area contributed by atoms with Crippen LogP contribution in [0, 0.1) is 0 Å². The summed E-state index contributed by atoms with van der Waals surface area (Å²) in [5.74, 6) is -0.387. The summed E-state index contributed by atoms with van der Waals surface area (Å²) in [4.78, 5) is 11.6. The van der Waals surface area contributed by atoms with Gasteiger partial charge in [0.1, 0.15) is 0 Å². The summed E-state index contributed by atoms with van der Waals surface area (Å²) in [7, 11) is 1.35. The molecule has 0 atom stereocenters.